The molecule has 0 aromatic heterocycles. The Labute approximate surface area is 158 Å². The summed E-state index contributed by atoms with van der Waals surface area (Å²) >= 11 is 0. The molecule has 0 radical (unpaired) electrons. The molecule has 1 N–H and O–H groups in total. The molecule has 2 heterocycles. The summed E-state index contributed by atoms with van der Waals surface area (Å²) in [6.07, 6.45) is 0.600. The van der Waals surface area contributed by atoms with Crippen molar-refractivity contribution in [2.75, 3.05) is 28.1 Å². The molecule has 7 nitrogen and oxygen atoms in total. The highest BCUT2D eigenvalue weighted by molar-refractivity contribution is 5.76. The summed E-state index contributed by atoms with van der Waals surface area (Å²) in [5.74, 6) is 2.83. The van der Waals surface area contributed by atoms with Crippen molar-refractivity contribution in [3.63, 3.8) is 0 Å². The predicted octanol–water partition coefficient (Wildman–Crippen LogP) is 2.31. The summed E-state index contributed by atoms with van der Waals surface area (Å²) < 4.78 is 25.4. The van der Waals surface area contributed by atoms with Crippen molar-refractivity contribution in [2.24, 2.45) is 0 Å². The normalized spacial score (nSPS) is 16.5. The van der Waals surface area contributed by atoms with Gasteiger partial charge >= 0.3 is 5.97 Å². The monoisotopic (exact) mass is 373 g/mol. The standard InChI is InChI=1S/C13H17NO4.C7H6O2/c1-16-11-5-8-4-10(13(15)18-3)14-7-9(8)6-12(11)17-2;1-2-4-7-6(3-1)8-5-9-7/h5-6,10,14H,4,7H2,1-3H3;1-4H,5H2/t10-;/m0./s1. The molecule has 0 amide bonds. The fraction of sp³-hybridized carbons (Fsp3) is 0.350. The van der Waals surface area contributed by atoms with Crippen molar-refractivity contribution < 1.29 is 28.5 Å². The van der Waals surface area contributed by atoms with E-state index in [9.17, 15) is 4.79 Å². The first-order valence-corrected chi connectivity index (χ1v) is 8.56. The van der Waals surface area contributed by atoms with Gasteiger partial charge in [0, 0.05) is 6.54 Å². The summed E-state index contributed by atoms with van der Waals surface area (Å²) in [6, 6.07) is 11.2. The van der Waals surface area contributed by atoms with Crippen LogP contribution < -0.4 is 24.3 Å². The van der Waals surface area contributed by atoms with Crippen molar-refractivity contribution in [1.29, 1.82) is 0 Å². The third-order valence-electron chi connectivity index (χ3n) is 4.43. The van der Waals surface area contributed by atoms with Gasteiger partial charge in [0.05, 0.1) is 21.3 Å². The molecule has 0 saturated carbocycles. The molecule has 2 aliphatic heterocycles. The number of methoxy groups -OCH3 is 3. The van der Waals surface area contributed by atoms with Crippen LogP contribution in [0, 0.1) is 0 Å². The Morgan fingerprint density at radius 2 is 1.59 bits per heavy atom. The van der Waals surface area contributed by atoms with Crippen LogP contribution in [-0.4, -0.2) is 40.1 Å². The molecule has 0 bridgehead atoms. The average molecular weight is 373 g/mol. The zero-order chi connectivity index (χ0) is 19.2. The molecule has 2 aromatic carbocycles. The lowest BCUT2D eigenvalue weighted by molar-refractivity contribution is -0.143. The third kappa shape index (κ3) is 4.25. The molecule has 1 atom stereocenters. The van der Waals surface area contributed by atoms with Crippen molar-refractivity contribution in [1.82, 2.24) is 5.32 Å². The van der Waals surface area contributed by atoms with E-state index in [-0.39, 0.29) is 12.0 Å². The van der Waals surface area contributed by atoms with E-state index >= 15 is 0 Å². The fourth-order valence-corrected chi connectivity index (χ4v) is 3.00. The van der Waals surface area contributed by atoms with E-state index in [0.717, 1.165) is 22.6 Å². The second kappa shape index (κ2) is 8.64. The molecule has 2 aromatic rings. The van der Waals surface area contributed by atoms with Crippen molar-refractivity contribution >= 4 is 5.97 Å². The number of rotatable bonds is 3. The molecular weight excluding hydrogens is 350 g/mol. The molecule has 0 aliphatic carbocycles. The molecular formula is C20H23NO6. The van der Waals surface area contributed by atoms with Gasteiger partial charge in [0.15, 0.2) is 23.0 Å². The average Bonchev–Trinajstić information content (AvgIpc) is 3.21. The van der Waals surface area contributed by atoms with Crippen LogP contribution >= 0.6 is 0 Å². The van der Waals surface area contributed by atoms with Gasteiger partial charge < -0.3 is 29.0 Å². The van der Waals surface area contributed by atoms with Crippen molar-refractivity contribution in [3.8, 4) is 23.0 Å². The van der Waals surface area contributed by atoms with Crippen LogP contribution in [0.15, 0.2) is 36.4 Å². The molecule has 4 rings (SSSR count). The molecule has 144 valence electrons. The Kier molecular flexibility index (Phi) is 6.03. The minimum atomic E-state index is -0.291. The largest absolute Gasteiger partial charge is 0.493 e. The number of nitrogens with one attached hydrogen (secondary N) is 1. The van der Waals surface area contributed by atoms with E-state index in [1.165, 1.54) is 7.11 Å². The molecule has 7 heteroatoms. The number of para-hydroxylation sites is 2. The number of ether oxygens (including phenoxy) is 5. The van der Waals surface area contributed by atoms with Crippen LogP contribution in [0.3, 0.4) is 0 Å². The second-order valence-corrected chi connectivity index (χ2v) is 5.99. The van der Waals surface area contributed by atoms with E-state index < -0.39 is 0 Å². The van der Waals surface area contributed by atoms with Crippen LogP contribution in [0.2, 0.25) is 0 Å². The number of esters is 1. The van der Waals surface area contributed by atoms with Crippen molar-refractivity contribution in [2.45, 2.75) is 19.0 Å². The number of benzene rings is 2. The molecule has 0 fully saturated rings. The van der Waals surface area contributed by atoms with Crippen LogP contribution in [0.25, 0.3) is 0 Å². The van der Waals surface area contributed by atoms with Gasteiger partial charge in [-0.05, 0) is 41.8 Å². The minimum absolute atomic E-state index is 0.240. The SMILES string of the molecule is COC(=O)[C@@H]1Cc2cc(OC)c(OC)cc2CN1.c1ccc2c(c1)OCO2. The van der Waals surface area contributed by atoms with Crippen molar-refractivity contribution in [3.05, 3.63) is 47.5 Å². The lowest BCUT2D eigenvalue weighted by Gasteiger charge is -2.25. The highest BCUT2D eigenvalue weighted by atomic mass is 16.7. The maximum absolute atomic E-state index is 11.5. The minimum Gasteiger partial charge on any atom is -0.493 e. The first-order chi connectivity index (χ1) is 13.2. The molecule has 0 spiro atoms. The van der Waals surface area contributed by atoms with Crippen LogP contribution in [0.5, 0.6) is 23.0 Å². The van der Waals surface area contributed by atoms with Crippen LogP contribution in [0.4, 0.5) is 0 Å². The number of carbonyl (C=O) groups is 1. The fourth-order valence-electron chi connectivity index (χ4n) is 3.00. The summed E-state index contributed by atoms with van der Waals surface area (Å²) in [5.41, 5.74) is 2.20. The summed E-state index contributed by atoms with van der Waals surface area (Å²) in [6.45, 7) is 0.981. The smallest absolute Gasteiger partial charge is 0.323 e. The van der Waals surface area contributed by atoms with Crippen LogP contribution in [0.1, 0.15) is 11.1 Å². The Balaban J connectivity index is 0.000000193. The van der Waals surface area contributed by atoms with Crippen LogP contribution in [-0.2, 0) is 22.5 Å². The Bertz CT molecular complexity index is 784. The maximum atomic E-state index is 11.5. The highest BCUT2D eigenvalue weighted by Crippen LogP contribution is 2.32. The number of carbonyl (C=O) groups excluding carboxylic acids is 1. The van der Waals surface area contributed by atoms with Gasteiger partial charge in [0.25, 0.3) is 0 Å². The van der Waals surface area contributed by atoms with Gasteiger partial charge in [-0.15, -0.1) is 0 Å². The topological polar surface area (TPSA) is 75.3 Å². The van der Waals surface area contributed by atoms with E-state index in [4.69, 9.17) is 23.7 Å². The quantitative estimate of drug-likeness (QED) is 0.828. The Morgan fingerprint density at radius 3 is 2.15 bits per heavy atom. The number of hydrogen-bond acceptors (Lipinski definition) is 7. The summed E-state index contributed by atoms with van der Waals surface area (Å²) in [4.78, 5) is 11.5. The Morgan fingerprint density at radius 1 is 1.00 bits per heavy atom. The predicted molar refractivity (Wildman–Crippen MR) is 98.5 cm³/mol. The lowest BCUT2D eigenvalue weighted by Crippen LogP contribution is -2.42. The van der Waals surface area contributed by atoms with E-state index in [1.54, 1.807) is 14.2 Å². The maximum Gasteiger partial charge on any atom is 0.323 e. The lowest BCUT2D eigenvalue weighted by atomic mass is 9.95. The van der Waals surface area contributed by atoms with E-state index in [0.29, 0.717) is 31.3 Å². The van der Waals surface area contributed by atoms with Gasteiger partial charge in [-0.2, -0.15) is 0 Å². The van der Waals surface area contributed by atoms with E-state index in [2.05, 4.69) is 5.32 Å². The van der Waals surface area contributed by atoms with Gasteiger partial charge in [-0.3, -0.25) is 4.79 Å². The molecule has 0 unspecified atom stereocenters. The Hall–Kier alpha value is -2.93. The number of fused-ring (bicyclic) bond motifs is 2. The molecule has 27 heavy (non-hydrogen) atoms. The van der Waals surface area contributed by atoms with Gasteiger partial charge in [0.2, 0.25) is 6.79 Å². The summed E-state index contributed by atoms with van der Waals surface area (Å²) in [5, 5.41) is 3.14. The first-order valence-electron chi connectivity index (χ1n) is 8.56. The summed E-state index contributed by atoms with van der Waals surface area (Å²) in [7, 11) is 4.61. The van der Waals surface area contributed by atoms with E-state index in [1.807, 2.05) is 36.4 Å². The number of hydrogen-bond donors (Lipinski definition) is 1. The zero-order valence-electron chi connectivity index (χ0n) is 15.6. The zero-order valence-corrected chi connectivity index (χ0v) is 15.6. The molecule has 2 aliphatic rings. The second-order valence-electron chi connectivity index (χ2n) is 5.99. The van der Waals surface area contributed by atoms with Gasteiger partial charge in [0.1, 0.15) is 6.04 Å². The van der Waals surface area contributed by atoms with Gasteiger partial charge in [-0.25, -0.2) is 0 Å². The molecule has 0 saturated heterocycles. The first kappa shape index (κ1) is 18.8. The highest BCUT2D eigenvalue weighted by Gasteiger charge is 2.26. The van der Waals surface area contributed by atoms with Gasteiger partial charge in [-0.1, -0.05) is 12.1 Å². The third-order valence-corrected chi connectivity index (χ3v) is 4.43.